The fraction of sp³-hybridized carbons (Fsp3) is 0.438. The number of anilines is 1. The molecule has 1 saturated heterocycles. The van der Waals surface area contributed by atoms with Gasteiger partial charge in [0.2, 0.25) is 11.8 Å². The minimum absolute atomic E-state index is 0.217. The van der Waals surface area contributed by atoms with Gasteiger partial charge in [0.05, 0.1) is 36.0 Å². The van der Waals surface area contributed by atoms with E-state index >= 15 is 0 Å². The number of carbonyl (C=O) groups is 2. The van der Waals surface area contributed by atoms with E-state index in [9.17, 15) is 9.59 Å². The third-order valence-corrected chi connectivity index (χ3v) is 4.14. The summed E-state index contributed by atoms with van der Waals surface area (Å²) in [5.74, 6) is -0.884. The summed E-state index contributed by atoms with van der Waals surface area (Å²) in [6, 6.07) is 5.87. The summed E-state index contributed by atoms with van der Waals surface area (Å²) in [7, 11) is 3.50. The molecule has 1 aromatic heterocycles. The second-order valence-corrected chi connectivity index (χ2v) is 5.56. The van der Waals surface area contributed by atoms with E-state index in [1.54, 1.807) is 7.11 Å². The average Bonchev–Trinajstić information content (AvgIpc) is 2.91. The van der Waals surface area contributed by atoms with Gasteiger partial charge in [0.25, 0.3) is 0 Å². The number of para-hydroxylation sites is 1. The Bertz CT molecular complexity index is 753. The van der Waals surface area contributed by atoms with Crippen LogP contribution in [-0.2, 0) is 20.9 Å². The fourth-order valence-electron chi connectivity index (χ4n) is 3.02. The lowest BCUT2D eigenvalue weighted by Crippen LogP contribution is -2.39. The summed E-state index contributed by atoms with van der Waals surface area (Å²) in [5.41, 5.74) is 2.62. The summed E-state index contributed by atoms with van der Waals surface area (Å²) in [5, 5.41) is 11.2. The van der Waals surface area contributed by atoms with Gasteiger partial charge in [-0.05, 0) is 12.5 Å². The number of nitrogens with one attached hydrogen (secondary N) is 2. The smallest absolute Gasteiger partial charge is 0.235 e. The maximum absolute atomic E-state index is 12.2. The number of rotatable bonds is 5. The molecule has 1 unspecified atom stereocenters. The molecular weight excluding hydrogens is 296 g/mol. The molecule has 2 N–H and O–H groups in total. The van der Waals surface area contributed by atoms with E-state index in [2.05, 4.69) is 15.7 Å². The zero-order valence-corrected chi connectivity index (χ0v) is 13.3. The second kappa shape index (κ2) is 6.37. The number of piperidine rings is 1. The lowest BCUT2D eigenvalue weighted by atomic mass is 9.93. The third kappa shape index (κ3) is 2.79. The highest BCUT2D eigenvalue weighted by Crippen LogP contribution is 2.33. The van der Waals surface area contributed by atoms with Crippen molar-refractivity contribution in [2.24, 2.45) is 0 Å². The van der Waals surface area contributed by atoms with Crippen molar-refractivity contribution in [3.63, 3.8) is 0 Å². The van der Waals surface area contributed by atoms with Crippen LogP contribution in [0.2, 0.25) is 0 Å². The number of imide groups is 1. The van der Waals surface area contributed by atoms with Crippen LogP contribution in [0.4, 0.5) is 5.69 Å². The minimum atomic E-state index is -0.397. The SMILES string of the molecule is CNc1cccc2c(C3CCC(=O)NC3=O)nn(CCOC)c12. The van der Waals surface area contributed by atoms with E-state index < -0.39 is 5.92 Å². The molecule has 1 aromatic carbocycles. The van der Waals surface area contributed by atoms with Crippen LogP contribution in [-0.4, -0.2) is 42.4 Å². The largest absolute Gasteiger partial charge is 0.386 e. The van der Waals surface area contributed by atoms with Crippen LogP contribution in [0.1, 0.15) is 24.5 Å². The van der Waals surface area contributed by atoms with Crippen LogP contribution in [0.5, 0.6) is 0 Å². The highest BCUT2D eigenvalue weighted by Gasteiger charge is 2.32. The van der Waals surface area contributed by atoms with Gasteiger partial charge in [-0.3, -0.25) is 19.6 Å². The number of methoxy groups -OCH3 is 1. The van der Waals surface area contributed by atoms with E-state index in [-0.39, 0.29) is 11.8 Å². The Morgan fingerprint density at radius 1 is 1.43 bits per heavy atom. The Balaban J connectivity index is 2.10. The van der Waals surface area contributed by atoms with Crippen LogP contribution < -0.4 is 10.6 Å². The molecule has 0 bridgehead atoms. The molecule has 0 radical (unpaired) electrons. The van der Waals surface area contributed by atoms with Crippen molar-refractivity contribution >= 4 is 28.4 Å². The highest BCUT2D eigenvalue weighted by molar-refractivity contribution is 6.03. The molecule has 2 aromatic rings. The van der Waals surface area contributed by atoms with Crippen molar-refractivity contribution in [2.45, 2.75) is 25.3 Å². The number of hydrogen-bond acceptors (Lipinski definition) is 5. The predicted molar refractivity (Wildman–Crippen MR) is 86.3 cm³/mol. The maximum Gasteiger partial charge on any atom is 0.235 e. The summed E-state index contributed by atoms with van der Waals surface area (Å²) in [6.07, 6.45) is 0.833. The van der Waals surface area contributed by atoms with E-state index in [4.69, 9.17) is 4.74 Å². The number of fused-ring (bicyclic) bond motifs is 1. The summed E-state index contributed by atoms with van der Waals surface area (Å²) < 4.78 is 7.02. The fourth-order valence-corrected chi connectivity index (χ4v) is 3.02. The number of nitrogens with zero attached hydrogens (tertiary/aromatic N) is 2. The minimum Gasteiger partial charge on any atom is -0.386 e. The maximum atomic E-state index is 12.2. The summed E-state index contributed by atoms with van der Waals surface area (Å²) >= 11 is 0. The number of ether oxygens (including phenoxy) is 1. The van der Waals surface area contributed by atoms with E-state index in [1.165, 1.54) is 0 Å². The topological polar surface area (TPSA) is 85.3 Å². The van der Waals surface area contributed by atoms with Crippen molar-refractivity contribution in [2.75, 3.05) is 26.1 Å². The van der Waals surface area contributed by atoms with Gasteiger partial charge in [0.1, 0.15) is 0 Å². The molecule has 3 rings (SSSR count). The summed E-state index contributed by atoms with van der Waals surface area (Å²) in [6.45, 7) is 1.13. The molecule has 7 heteroatoms. The lowest BCUT2D eigenvalue weighted by molar-refractivity contribution is -0.134. The van der Waals surface area contributed by atoms with Crippen molar-refractivity contribution in [1.29, 1.82) is 0 Å². The Kier molecular flexibility index (Phi) is 4.29. The molecule has 122 valence electrons. The molecule has 0 aliphatic carbocycles. The summed E-state index contributed by atoms with van der Waals surface area (Å²) in [4.78, 5) is 23.6. The molecule has 7 nitrogen and oxygen atoms in total. The van der Waals surface area contributed by atoms with Gasteiger partial charge in [0, 0.05) is 26.0 Å². The van der Waals surface area contributed by atoms with Gasteiger partial charge in [-0.25, -0.2) is 0 Å². The lowest BCUT2D eigenvalue weighted by Gasteiger charge is -2.19. The number of aromatic nitrogens is 2. The monoisotopic (exact) mass is 316 g/mol. The van der Waals surface area contributed by atoms with Crippen molar-refractivity contribution in [3.8, 4) is 0 Å². The van der Waals surface area contributed by atoms with Gasteiger partial charge in [0.15, 0.2) is 0 Å². The van der Waals surface area contributed by atoms with Crippen LogP contribution in [0.15, 0.2) is 18.2 Å². The van der Waals surface area contributed by atoms with Crippen LogP contribution in [0.3, 0.4) is 0 Å². The average molecular weight is 316 g/mol. The second-order valence-electron chi connectivity index (χ2n) is 5.56. The van der Waals surface area contributed by atoms with Crippen LogP contribution >= 0.6 is 0 Å². The van der Waals surface area contributed by atoms with E-state index in [1.807, 2.05) is 29.9 Å². The predicted octanol–water partition coefficient (Wildman–Crippen LogP) is 1.24. The molecule has 0 spiro atoms. The van der Waals surface area contributed by atoms with Gasteiger partial charge in [-0.1, -0.05) is 12.1 Å². The molecule has 23 heavy (non-hydrogen) atoms. The third-order valence-electron chi connectivity index (χ3n) is 4.14. The van der Waals surface area contributed by atoms with E-state index in [0.717, 1.165) is 22.3 Å². The van der Waals surface area contributed by atoms with Gasteiger partial charge in [-0.15, -0.1) is 0 Å². The first-order chi connectivity index (χ1) is 11.2. The van der Waals surface area contributed by atoms with E-state index in [0.29, 0.717) is 26.0 Å². The molecule has 2 heterocycles. The van der Waals surface area contributed by atoms with Crippen LogP contribution in [0.25, 0.3) is 10.9 Å². The van der Waals surface area contributed by atoms with Gasteiger partial charge < -0.3 is 10.1 Å². The molecular formula is C16H20N4O3. The van der Waals surface area contributed by atoms with Gasteiger partial charge >= 0.3 is 0 Å². The normalized spacial score (nSPS) is 18.3. The molecule has 1 aliphatic rings. The van der Waals surface area contributed by atoms with Crippen molar-refractivity contribution < 1.29 is 14.3 Å². The Morgan fingerprint density at radius 3 is 2.96 bits per heavy atom. The Morgan fingerprint density at radius 2 is 2.26 bits per heavy atom. The standard InChI is InChI=1S/C16H20N4O3/c1-17-12-5-3-4-10-14(11-6-7-13(21)18-16(11)22)19-20(15(10)12)8-9-23-2/h3-5,11,17H,6-9H2,1-2H3,(H,18,21,22). The molecule has 1 aliphatic heterocycles. The Labute approximate surface area is 134 Å². The quantitative estimate of drug-likeness (QED) is 0.811. The number of carbonyl (C=O) groups excluding carboxylic acids is 2. The highest BCUT2D eigenvalue weighted by atomic mass is 16.5. The number of amides is 2. The molecule has 2 amide bonds. The number of benzene rings is 1. The van der Waals surface area contributed by atoms with Crippen LogP contribution in [0, 0.1) is 0 Å². The first-order valence-electron chi connectivity index (χ1n) is 7.65. The number of hydrogen-bond donors (Lipinski definition) is 2. The first-order valence-corrected chi connectivity index (χ1v) is 7.65. The zero-order chi connectivity index (χ0) is 16.4. The van der Waals surface area contributed by atoms with Crippen molar-refractivity contribution in [1.82, 2.24) is 15.1 Å². The zero-order valence-electron chi connectivity index (χ0n) is 13.3. The first kappa shape index (κ1) is 15.5. The van der Waals surface area contributed by atoms with Gasteiger partial charge in [-0.2, -0.15) is 5.10 Å². The molecule has 1 atom stereocenters. The Hall–Kier alpha value is -2.41. The molecule has 1 fully saturated rings. The molecule has 0 saturated carbocycles. The van der Waals surface area contributed by atoms with Crippen molar-refractivity contribution in [3.05, 3.63) is 23.9 Å².